The van der Waals surface area contributed by atoms with Gasteiger partial charge in [-0.05, 0) is 50.1 Å². The van der Waals surface area contributed by atoms with Gasteiger partial charge in [0.05, 0.1) is 0 Å². The summed E-state index contributed by atoms with van der Waals surface area (Å²) < 4.78 is 5.43. The second kappa shape index (κ2) is 7.36. The van der Waals surface area contributed by atoms with Crippen molar-refractivity contribution in [3.63, 3.8) is 0 Å². The summed E-state index contributed by atoms with van der Waals surface area (Å²) in [6.45, 7) is 7.12. The lowest BCUT2D eigenvalue weighted by molar-refractivity contribution is -0.119. The van der Waals surface area contributed by atoms with Crippen LogP contribution in [0, 0.1) is 0 Å². The number of hydrogen-bond acceptors (Lipinski definition) is 3. The summed E-state index contributed by atoms with van der Waals surface area (Å²) >= 11 is 0. The summed E-state index contributed by atoms with van der Waals surface area (Å²) in [5.74, 6) is 0.0357. The molecule has 0 aromatic heterocycles. The van der Waals surface area contributed by atoms with Gasteiger partial charge in [-0.3, -0.25) is 4.79 Å². The zero-order chi connectivity index (χ0) is 18.7. The van der Waals surface area contributed by atoms with Gasteiger partial charge in [-0.25, -0.2) is 4.79 Å². The molecule has 0 radical (unpaired) electrons. The van der Waals surface area contributed by atoms with Crippen molar-refractivity contribution in [2.24, 2.45) is 0 Å². The van der Waals surface area contributed by atoms with Gasteiger partial charge in [-0.1, -0.05) is 30.3 Å². The van der Waals surface area contributed by atoms with E-state index >= 15 is 0 Å². The third kappa shape index (κ3) is 4.34. The van der Waals surface area contributed by atoms with E-state index in [2.05, 4.69) is 18.2 Å². The fourth-order valence-electron chi connectivity index (χ4n) is 3.15. The van der Waals surface area contributed by atoms with Crippen LogP contribution >= 0.6 is 0 Å². The smallest absolute Gasteiger partial charge is 0.410 e. The minimum absolute atomic E-state index is 0.0357. The molecule has 0 bridgehead atoms. The summed E-state index contributed by atoms with van der Waals surface area (Å²) in [6, 6.07) is 14.2. The summed E-state index contributed by atoms with van der Waals surface area (Å²) in [5, 5.41) is 2.28. The Morgan fingerprint density at radius 1 is 1.00 bits per heavy atom. The first-order chi connectivity index (χ1) is 12.3. The van der Waals surface area contributed by atoms with E-state index in [9.17, 15) is 9.59 Å². The lowest BCUT2D eigenvalue weighted by Gasteiger charge is -2.32. The highest BCUT2D eigenvalue weighted by Gasteiger charge is 2.26. The van der Waals surface area contributed by atoms with E-state index in [0.717, 1.165) is 22.9 Å². The number of carbonyl (C=O) groups excluding carboxylic acids is 2. The van der Waals surface area contributed by atoms with E-state index < -0.39 is 5.60 Å². The number of carbonyl (C=O) groups is 2. The molecule has 0 saturated carbocycles. The van der Waals surface area contributed by atoms with Crippen LogP contribution in [0.4, 0.5) is 10.5 Å². The maximum Gasteiger partial charge on any atom is 0.410 e. The fourth-order valence-corrected chi connectivity index (χ4v) is 3.15. The first kappa shape index (κ1) is 18.2. The molecule has 1 fully saturated rings. The van der Waals surface area contributed by atoms with Crippen molar-refractivity contribution >= 4 is 28.5 Å². The molecule has 0 atom stereocenters. The molecule has 5 nitrogen and oxygen atoms in total. The van der Waals surface area contributed by atoms with Crippen molar-refractivity contribution in [3.05, 3.63) is 42.5 Å². The van der Waals surface area contributed by atoms with E-state index in [1.54, 1.807) is 4.90 Å². The summed E-state index contributed by atoms with van der Waals surface area (Å²) in [6.07, 6.45) is 0.675. The number of anilines is 1. The third-order valence-electron chi connectivity index (χ3n) is 4.40. The predicted molar refractivity (Wildman–Crippen MR) is 103 cm³/mol. The molecule has 2 aromatic carbocycles. The lowest BCUT2D eigenvalue weighted by Crippen LogP contribution is -2.44. The Kier molecular flexibility index (Phi) is 5.16. The van der Waals surface area contributed by atoms with Crippen molar-refractivity contribution in [2.45, 2.75) is 39.2 Å². The number of hydrogen-bond donors (Lipinski definition) is 0. The van der Waals surface area contributed by atoms with Gasteiger partial charge >= 0.3 is 6.09 Å². The van der Waals surface area contributed by atoms with E-state index in [-0.39, 0.29) is 12.0 Å². The van der Waals surface area contributed by atoms with Gasteiger partial charge in [0.2, 0.25) is 5.91 Å². The Balaban J connectivity index is 1.71. The fraction of sp³-hybridized carbons (Fsp3) is 0.429. The van der Waals surface area contributed by atoms with Gasteiger partial charge in [0.1, 0.15) is 5.60 Å². The van der Waals surface area contributed by atoms with E-state index in [0.29, 0.717) is 26.1 Å². The van der Waals surface area contributed by atoms with Crippen LogP contribution in [0.15, 0.2) is 42.5 Å². The van der Waals surface area contributed by atoms with Crippen LogP contribution in [-0.2, 0) is 9.53 Å². The SMILES string of the molecule is CC(C)(C)OC(=O)N1CCCN(c2ccc3ccccc3c2)C(=O)CC1. The molecule has 0 N–H and O–H groups in total. The van der Waals surface area contributed by atoms with E-state index in [1.165, 1.54) is 0 Å². The number of nitrogens with zero attached hydrogens (tertiary/aromatic N) is 2. The molecular weight excluding hydrogens is 328 g/mol. The molecule has 0 spiro atoms. The topological polar surface area (TPSA) is 49.9 Å². The van der Waals surface area contributed by atoms with Crippen LogP contribution in [-0.4, -0.2) is 42.1 Å². The number of benzene rings is 2. The van der Waals surface area contributed by atoms with Crippen LogP contribution in [0.25, 0.3) is 10.8 Å². The van der Waals surface area contributed by atoms with Crippen molar-refractivity contribution < 1.29 is 14.3 Å². The van der Waals surface area contributed by atoms with E-state index in [4.69, 9.17) is 4.74 Å². The van der Waals surface area contributed by atoms with Crippen LogP contribution < -0.4 is 4.90 Å². The van der Waals surface area contributed by atoms with Crippen molar-refractivity contribution in [1.29, 1.82) is 0 Å². The van der Waals surface area contributed by atoms with Gasteiger partial charge in [0.25, 0.3) is 0 Å². The summed E-state index contributed by atoms with van der Waals surface area (Å²) in [4.78, 5) is 28.4. The van der Waals surface area contributed by atoms with Gasteiger partial charge in [0, 0.05) is 31.7 Å². The first-order valence-corrected chi connectivity index (χ1v) is 9.10. The molecule has 3 rings (SSSR count). The summed E-state index contributed by atoms with van der Waals surface area (Å²) in [5.41, 5.74) is 0.389. The molecule has 0 unspecified atom stereocenters. The van der Waals surface area contributed by atoms with Gasteiger partial charge in [0.15, 0.2) is 0 Å². The van der Waals surface area contributed by atoms with Gasteiger partial charge < -0.3 is 14.5 Å². The molecule has 2 amide bonds. The molecule has 2 aromatic rings. The Morgan fingerprint density at radius 2 is 1.73 bits per heavy atom. The summed E-state index contributed by atoms with van der Waals surface area (Å²) in [7, 11) is 0. The van der Waals surface area contributed by atoms with Gasteiger partial charge in [-0.2, -0.15) is 0 Å². The third-order valence-corrected chi connectivity index (χ3v) is 4.40. The number of amides is 2. The highest BCUT2D eigenvalue weighted by Crippen LogP contribution is 2.24. The average Bonchev–Trinajstić information content (AvgIpc) is 2.57. The highest BCUT2D eigenvalue weighted by atomic mass is 16.6. The molecule has 26 heavy (non-hydrogen) atoms. The monoisotopic (exact) mass is 354 g/mol. The largest absolute Gasteiger partial charge is 0.444 e. The quantitative estimate of drug-likeness (QED) is 0.771. The van der Waals surface area contributed by atoms with Crippen molar-refractivity contribution in [3.8, 4) is 0 Å². The van der Waals surface area contributed by atoms with Crippen LogP contribution in [0.3, 0.4) is 0 Å². The predicted octanol–water partition coefficient (Wildman–Crippen LogP) is 4.20. The van der Waals surface area contributed by atoms with Crippen LogP contribution in [0.5, 0.6) is 0 Å². The maximum atomic E-state index is 12.7. The van der Waals surface area contributed by atoms with Crippen LogP contribution in [0.2, 0.25) is 0 Å². The number of rotatable bonds is 1. The number of ether oxygens (including phenoxy) is 1. The maximum absolute atomic E-state index is 12.7. The minimum Gasteiger partial charge on any atom is -0.444 e. The molecule has 1 saturated heterocycles. The Bertz CT molecular complexity index is 810. The molecular formula is C21H26N2O3. The second-order valence-corrected chi connectivity index (χ2v) is 7.65. The lowest BCUT2D eigenvalue weighted by atomic mass is 10.1. The van der Waals surface area contributed by atoms with E-state index in [1.807, 2.05) is 49.9 Å². The number of fused-ring (bicyclic) bond motifs is 1. The average molecular weight is 354 g/mol. The zero-order valence-corrected chi connectivity index (χ0v) is 15.7. The first-order valence-electron chi connectivity index (χ1n) is 9.10. The molecule has 1 aliphatic rings. The molecule has 1 aliphatic heterocycles. The van der Waals surface area contributed by atoms with Crippen LogP contribution in [0.1, 0.15) is 33.6 Å². The second-order valence-electron chi connectivity index (χ2n) is 7.65. The zero-order valence-electron chi connectivity index (χ0n) is 15.7. The highest BCUT2D eigenvalue weighted by molar-refractivity contribution is 5.96. The molecule has 5 heteroatoms. The molecule has 0 aliphatic carbocycles. The standard InChI is InChI=1S/C21H26N2O3/c1-21(2,3)26-20(25)22-12-6-13-23(19(24)11-14-22)18-10-9-16-7-4-5-8-17(16)15-18/h4-5,7-10,15H,6,11-14H2,1-3H3. The Labute approximate surface area is 154 Å². The minimum atomic E-state index is -0.527. The Hall–Kier alpha value is -2.56. The normalized spacial score (nSPS) is 16.3. The molecule has 138 valence electrons. The van der Waals surface area contributed by atoms with Gasteiger partial charge in [-0.15, -0.1) is 0 Å². The molecule has 1 heterocycles. The van der Waals surface area contributed by atoms with Crippen molar-refractivity contribution in [1.82, 2.24) is 4.90 Å². The Morgan fingerprint density at radius 3 is 2.46 bits per heavy atom. The van der Waals surface area contributed by atoms with Crippen molar-refractivity contribution in [2.75, 3.05) is 24.5 Å².